The van der Waals surface area contributed by atoms with Crippen molar-refractivity contribution in [3.05, 3.63) is 66.7 Å². The molecule has 0 unspecified atom stereocenters. The molecule has 2 rings (SSSR count). The minimum Gasteiger partial charge on any atom is -0.457 e. The lowest BCUT2D eigenvalue weighted by Crippen LogP contribution is -2.06. The first-order valence-corrected chi connectivity index (χ1v) is 5.99. The normalized spacial score (nSPS) is 9.35. The summed E-state index contributed by atoms with van der Waals surface area (Å²) in [5, 5.41) is 2.67. The maximum Gasteiger partial charge on any atom is 0.247 e. The summed E-state index contributed by atoms with van der Waals surface area (Å²) < 4.78 is 5.70. The van der Waals surface area contributed by atoms with Crippen molar-refractivity contribution in [2.24, 2.45) is 0 Å². The van der Waals surface area contributed by atoms with Crippen LogP contribution in [0.2, 0.25) is 0 Å². The highest BCUT2D eigenvalue weighted by Crippen LogP contribution is 2.24. The van der Waals surface area contributed by atoms with E-state index in [-0.39, 0.29) is 5.91 Å². The Balaban J connectivity index is 2.17. The molecule has 0 spiro atoms. The van der Waals surface area contributed by atoms with Gasteiger partial charge in [-0.3, -0.25) is 4.79 Å². The minimum absolute atomic E-state index is 0.267. The van der Waals surface area contributed by atoms with E-state index in [1.807, 2.05) is 18.2 Å². The molecule has 0 aromatic heterocycles. The van der Waals surface area contributed by atoms with Crippen LogP contribution in [0, 0.1) is 12.3 Å². The molecule has 0 bridgehead atoms. The zero-order valence-electron chi connectivity index (χ0n) is 10.8. The van der Waals surface area contributed by atoms with Crippen LogP contribution >= 0.6 is 0 Å². The highest BCUT2D eigenvalue weighted by Gasteiger charge is 2.01. The van der Waals surface area contributed by atoms with Gasteiger partial charge in [-0.1, -0.05) is 24.6 Å². The molecule has 20 heavy (non-hydrogen) atoms. The van der Waals surface area contributed by atoms with Crippen molar-refractivity contribution >= 4 is 11.6 Å². The molecule has 0 heterocycles. The second-order valence-corrected chi connectivity index (χ2v) is 4.00. The topological polar surface area (TPSA) is 38.3 Å². The molecule has 0 saturated heterocycles. The Morgan fingerprint density at radius 3 is 2.60 bits per heavy atom. The van der Waals surface area contributed by atoms with E-state index in [4.69, 9.17) is 11.2 Å². The fourth-order valence-electron chi connectivity index (χ4n) is 1.62. The standard InChI is InChI=1S/C17H13NO2/c1-3-13-7-5-9-15(11-13)20-16-10-6-8-14(12-16)18-17(19)4-2/h1,4-12H,2H2,(H,18,19). The summed E-state index contributed by atoms with van der Waals surface area (Å²) in [6.07, 6.45) is 6.56. The molecule has 2 aromatic rings. The highest BCUT2D eigenvalue weighted by atomic mass is 16.5. The van der Waals surface area contributed by atoms with E-state index in [0.717, 1.165) is 5.56 Å². The monoisotopic (exact) mass is 263 g/mol. The number of hydrogen-bond acceptors (Lipinski definition) is 2. The molecule has 0 saturated carbocycles. The van der Waals surface area contributed by atoms with Gasteiger partial charge in [-0.25, -0.2) is 0 Å². The first kappa shape index (κ1) is 13.4. The van der Waals surface area contributed by atoms with Crippen LogP contribution in [0.3, 0.4) is 0 Å². The smallest absolute Gasteiger partial charge is 0.247 e. The molecule has 1 amide bonds. The van der Waals surface area contributed by atoms with Gasteiger partial charge in [0.25, 0.3) is 0 Å². The van der Waals surface area contributed by atoms with E-state index < -0.39 is 0 Å². The number of ether oxygens (including phenoxy) is 1. The van der Waals surface area contributed by atoms with Gasteiger partial charge in [0.15, 0.2) is 0 Å². The Bertz CT molecular complexity index is 683. The third-order valence-corrected chi connectivity index (χ3v) is 2.52. The van der Waals surface area contributed by atoms with Gasteiger partial charge in [0.05, 0.1) is 0 Å². The summed E-state index contributed by atoms with van der Waals surface area (Å²) in [7, 11) is 0. The van der Waals surface area contributed by atoms with Crippen LogP contribution in [0.4, 0.5) is 5.69 Å². The van der Waals surface area contributed by atoms with Gasteiger partial charge >= 0.3 is 0 Å². The zero-order valence-corrected chi connectivity index (χ0v) is 10.8. The van der Waals surface area contributed by atoms with E-state index in [2.05, 4.69) is 17.8 Å². The summed E-state index contributed by atoms with van der Waals surface area (Å²) in [6.45, 7) is 3.40. The molecule has 98 valence electrons. The molecule has 0 aliphatic heterocycles. The Labute approximate surface area is 117 Å². The van der Waals surface area contributed by atoms with Gasteiger partial charge in [-0.2, -0.15) is 0 Å². The third-order valence-electron chi connectivity index (χ3n) is 2.52. The summed E-state index contributed by atoms with van der Waals surface area (Å²) in [6, 6.07) is 14.3. The van der Waals surface area contributed by atoms with Gasteiger partial charge in [0.1, 0.15) is 11.5 Å². The number of benzene rings is 2. The summed E-state index contributed by atoms with van der Waals surface area (Å²) in [5.41, 5.74) is 1.39. The Hall–Kier alpha value is -2.99. The van der Waals surface area contributed by atoms with Crippen molar-refractivity contribution in [3.63, 3.8) is 0 Å². The SMILES string of the molecule is C#Cc1cccc(Oc2cccc(NC(=O)C=C)c2)c1. The van der Waals surface area contributed by atoms with Crippen molar-refractivity contribution in [1.82, 2.24) is 0 Å². The van der Waals surface area contributed by atoms with Crippen molar-refractivity contribution in [3.8, 4) is 23.8 Å². The molecular formula is C17H13NO2. The maximum atomic E-state index is 11.2. The van der Waals surface area contributed by atoms with Crippen LogP contribution in [-0.4, -0.2) is 5.91 Å². The first-order valence-electron chi connectivity index (χ1n) is 5.99. The second-order valence-electron chi connectivity index (χ2n) is 4.00. The van der Waals surface area contributed by atoms with E-state index in [0.29, 0.717) is 17.2 Å². The number of hydrogen-bond donors (Lipinski definition) is 1. The van der Waals surface area contributed by atoms with Crippen LogP contribution in [0.5, 0.6) is 11.5 Å². The van der Waals surface area contributed by atoms with Crippen molar-refractivity contribution < 1.29 is 9.53 Å². The van der Waals surface area contributed by atoms with Crippen molar-refractivity contribution in [2.45, 2.75) is 0 Å². The third kappa shape index (κ3) is 3.50. The van der Waals surface area contributed by atoms with E-state index in [9.17, 15) is 4.79 Å². The van der Waals surface area contributed by atoms with Crippen molar-refractivity contribution in [2.75, 3.05) is 5.32 Å². The Morgan fingerprint density at radius 2 is 1.90 bits per heavy atom. The molecule has 0 radical (unpaired) electrons. The Kier molecular flexibility index (Phi) is 4.21. The fraction of sp³-hybridized carbons (Fsp3) is 0. The van der Waals surface area contributed by atoms with E-state index in [1.54, 1.807) is 30.3 Å². The number of rotatable bonds is 4. The minimum atomic E-state index is -0.267. The van der Waals surface area contributed by atoms with E-state index >= 15 is 0 Å². The molecule has 1 N–H and O–H groups in total. The second kappa shape index (κ2) is 6.26. The van der Waals surface area contributed by atoms with Gasteiger partial charge in [0, 0.05) is 17.3 Å². The quantitative estimate of drug-likeness (QED) is 0.676. The van der Waals surface area contributed by atoms with Gasteiger partial charge < -0.3 is 10.1 Å². The number of amides is 1. The Morgan fingerprint density at radius 1 is 1.20 bits per heavy atom. The highest BCUT2D eigenvalue weighted by molar-refractivity contribution is 5.98. The number of nitrogens with one attached hydrogen (secondary N) is 1. The van der Waals surface area contributed by atoms with Gasteiger partial charge in [0.2, 0.25) is 5.91 Å². The largest absolute Gasteiger partial charge is 0.457 e. The van der Waals surface area contributed by atoms with E-state index in [1.165, 1.54) is 6.08 Å². The lowest BCUT2D eigenvalue weighted by atomic mass is 10.2. The maximum absolute atomic E-state index is 11.2. The number of carbonyl (C=O) groups is 1. The first-order chi connectivity index (χ1) is 9.71. The summed E-state index contributed by atoms with van der Waals surface area (Å²) in [4.78, 5) is 11.2. The fourth-order valence-corrected chi connectivity index (χ4v) is 1.62. The molecule has 3 heteroatoms. The summed E-state index contributed by atoms with van der Waals surface area (Å²) >= 11 is 0. The molecule has 0 fully saturated rings. The van der Waals surface area contributed by atoms with Crippen LogP contribution in [0.1, 0.15) is 5.56 Å². The van der Waals surface area contributed by atoms with Crippen LogP contribution < -0.4 is 10.1 Å². The molecular weight excluding hydrogens is 250 g/mol. The summed E-state index contributed by atoms with van der Waals surface area (Å²) in [5.74, 6) is 3.54. The zero-order chi connectivity index (χ0) is 14.4. The van der Waals surface area contributed by atoms with Gasteiger partial charge in [-0.15, -0.1) is 6.42 Å². The average Bonchev–Trinajstić information content (AvgIpc) is 2.47. The van der Waals surface area contributed by atoms with Gasteiger partial charge in [-0.05, 0) is 36.4 Å². The van der Waals surface area contributed by atoms with Crippen LogP contribution in [0.25, 0.3) is 0 Å². The van der Waals surface area contributed by atoms with Crippen molar-refractivity contribution in [1.29, 1.82) is 0 Å². The average molecular weight is 263 g/mol. The molecule has 0 atom stereocenters. The predicted molar refractivity (Wildman–Crippen MR) is 79.7 cm³/mol. The van der Waals surface area contributed by atoms with Crippen LogP contribution in [-0.2, 0) is 4.79 Å². The lowest BCUT2D eigenvalue weighted by molar-refractivity contribution is -0.111. The molecule has 3 nitrogen and oxygen atoms in total. The molecule has 0 aliphatic carbocycles. The number of carbonyl (C=O) groups excluding carboxylic acids is 1. The number of anilines is 1. The number of terminal acetylenes is 1. The van der Waals surface area contributed by atoms with Crippen LogP contribution in [0.15, 0.2) is 61.2 Å². The predicted octanol–water partition coefficient (Wildman–Crippen LogP) is 3.58. The lowest BCUT2D eigenvalue weighted by Gasteiger charge is -2.08. The molecule has 2 aromatic carbocycles. The molecule has 0 aliphatic rings.